The van der Waals surface area contributed by atoms with Crippen LogP contribution in [0.1, 0.15) is 16.8 Å². The van der Waals surface area contributed by atoms with E-state index in [0.29, 0.717) is 23.8 Å². The molecular weight excluding hydrogens is 411 g/mol. The predicted molar refractivity (Wildman–Crippen MR) is 118 cm³/mol. The number of nitrogens with zero attached hydrogens (tertiary/aromatic N) is 5. The number of fused-ring (bicyclic) bond motifs is 2. The molecule has 0 radical (unpaired) electrons. The first-order chi connectivity index (χ1) is 15.5. The molecule has 0 fully saturated rings. The second-order valence-electron chi connectivity index (χ2n) is 7.83. The molecule has 0 saturated carbocycles. The van der Waals surface area contributed by atoms with Crippen LogP contribution in [0.15, 0.2) is 59.4 Å². The Hall–Kier alpha value is -4.01. The van der Waals surface area contributed by atoms with Crippen molar-refractivity contribution in [1.29, 1.82) is 0 Å². The fourth-order valence-electron chi connectivity index (χ4n) is 4.02. The lowest BCUT2D eigenvalue weighted by atomic mass is 10.0. The fourth-order valence-corrected chi connectivity index (χ4v) is 4.02. The highest BCUT2D eigenvalue weighted by Crippen LogP contribution is 2.23. The average Bonchev–Trinajstić information content (AvgIpc) is 3.07. The summed E-state index contributed by atoms with van der Waals surface area (Å²) in [7, 11) is 0. The molecule has 0 bridgehead atoms. The van der Waals surface area contributed by atoms with Crippen LogP contribution in [0.25, 0.3) is 5.65 Å². The van der Waals surface area contributed by atoms with Crippen LogP contribution >= 0.6 is 0 Å². The van der Waals surface area contributed by atoms with E-state index in [4.69, 9.17) is 0 Å². The van der Waals surface area contributed by atoms with Gasteiger partial charge in [-0.15, -0.1) is 5.10 Å². The van der Waals surface area contributed by atoms with Gasteiger partial charge in [-0.2, -0.15) is 0 Å². The molecule has 1 aliphatic heterocycles. The van der Waals surface area contributed by atoms with Crippen molar-refractivity contribution < 1.29 is 9.18 Å². The molecular formula is C23H21FN6O2. The molecule has 32 heavy (non-hydrogen) atoms. The maximum absolute atomic E-state index is 13.4. The summed E-state index contributed by atoms with van der Waals surface area (Å²) in [5.74, 6) is -0.419. The van der Waals surface area contributed by atoms with Crippen molar-refractivity contribution in [2.24, 2.45) is 0 Å². The maximum atomic E-state index is 13.4. The molecule has 2 aromatic carbocycles. The molecule has 0 atom stereocenters. The van der Waals surface area contributed by atoms with E-state index < -0.39 is 17.4 Å². The predicted octanol–water partition coefficient (Wildman–Crippen LogP) is 2.54. The van der Waals surface area contributed by atoms with Crippen molar-refractivity contribution in [2.75, 3.05) is 16.8 Å². The Bertz CT molecular complexity index is 1390. The summed E-state index contributed by atoms with van der Waals surface area (Å²) >= 11 is 0. The molecule has 9 heteroatoms. The summed E-state index contributed by atoms with van der Waals surface area (Å²) in [5, 5.41) is 6.93. The van der Waals surface area contributed by atoms with Crippen LogP contribution in [-0.2, 0) is 24.3 Å². The first kappa shape index (κ1) is 19.9. The van der Waals surface area contributed by atoms with E-state index in [1.165, 1.54) is 33.7 Å². The lowest BCUT2D eigenvalue weighted by Gasteiger charge is -2.29. The molecule has 1 N–H and O–H groups in total. The zero-order chi connectivity index (χ0) is 22.2. The van der Waals surface area contributed by atoms with Gasteiger partial charge in [-0.05, 0) is 42.7 Å². The third-order valence-corrected chi connectivity index (χ3v) is 5.49. The molecule has 5 rings (SSSR count). The highest BCUT2D eigenvalue weighted by molar-refractivity contribution is 5.90. The van der Waals surface area contributed by atoms with Crippen LogP contribution in [-0.4, -0.2) is 31.6 Å². The van der Waals surface area contributed by atoms with Gasteiger partial charge in [-0.25, -0.2) is 23.3 Å². The number of aromatic nitrogens is 4. The van der Waals surface area contributed by atoms with Gasteiger partial charge in [-0.1, -0.05) is 30.3 Å². The largest absolute Gasteiger partial charge is 0.353 e. The number of hydrogen-bond donors (Lipinski definition) is 1. The normalized spacial score (nSPS) is 13.2. The van der Waals surface area contributed by atoms with Gasteiger partial charge in [0.1, 0.15) is 12.4 Å². The van der Waals surface area contributed by atoms with E-state index in [2.05, 4.69) is 32.4 Å². The lowest BCUT2D eigenvalue weighted by molar-refractivity contribution is -0.117. The first-order valence-electron chi connectivity index (χ1n) is 10.3. The summed E-state index contributed by atoms with van der Waals surface area (Å²) in [4.78, 5) is 32.3. The SMILES string of the molecule is Cc1cc2nn(CC(=O)Nc3cccc(F)c3)c(=O)n2c(N2CCc3ccccc3C2)n1. The van der Waals surface area contributed by atoms with E-state index in [-0.39, 0.29) is 6.54 Å². The van der Waals surface area contributed by atoms with Crippen molar-refractivity contribution >= 4 is 23.2 Å². The molecule has 2 aromatic heterocycles. The third kappa shape index (κ3) is 3.73. The highest BCUT2D eigenvalue weighted by Gasteiger charge is 2.22. The summed E-state index contributed by atoms with van der Waals surface area (Å²) in [6, 6.07) is 15.5. The summed E-state index contributed by atoms with van der Waals surface area (Å²) in [6.45, 7) is 2.92. The van der Waals surface area contributed by atoms with Gasteiger partial charge in [0.05, 0.1) is 0 Å². The number of rotatable bonds is 4. The minimum Gasteiger partial charge on any atom is -0.337 e. The van der Waals surface area contributed by atoms with Gasteiger partial charge in [-0.3, -0.25) is 4.79 Å². The monoisotopic (exact) mass is 432 g/mol. The molecule has 1 aliphatic rings. The Morgan fingerprint density at radius 3 is 2.75 bits per heavy atom. The van der Waals surface area contributed by atoms with Crippen molar-refractivity contribution in [2.45, 2.75) is 26.4 Å². The molecule has 8 nitrogen and oxygen atoms in total. The maximum Gasteiger partial charge on any atom is 0.353 e. The summed E-state index contributed by atoms with van der Waals surface area (Å²) in [5.41, 5.74) is 3.52. The third-order valence-electron chi connectivity index (χ3n) is 5.49. The average molecular weight is 432 g/mol. The Morgan fingerprint density at radius 1 is 1.12 bits per heavy atom. The minimum atomic E-state index is -0.473. The standard InChI is InChI=1S/C23H21FN6O2/c1-15-11-20-27-29(14-21(31)26-19-8-4-7-18(24)12-19)23(32)30(20)22(25-15)28-10-9-16-5-2-3-6-17(16)13-28/h2-8,11-12H,9-10,13-14H2,1H3,(H,26,31). The number of amides is 1. The number of nitrogens with one attached hydrogen (secondary N) is 1. The number of hydrogen-bond acceptors (Lipinski definition) is 5. The fraction of sp³-hybridized carbons (Fsp3) is 0.217. The van der Waals surface area contributed by atoms with E-state index >= 15 is 0 Å². The molecule has 1 amide bonds. The van der Waals surface area contributed by atoms with Crippen LogP contribution in [0.3, 0.4) is 0 Å². The Balaban J connectivity index is 1.46. The van der Waals surface area contributed by atoms with Crippen molar-refractivity contribution in [3.8, 4) is 0 Å². The van der Waals surface area contributed by atoms with Crippen LogP contribution in [0, 0.1) is 12.7 Å². The number of anilines is 2. The second kappa shape index (κ2) is 7.92. The van der Waals surface area contributed by atoms with Gasteiger partial charge in [0.25, 0.3) is 0 Å². The Labute approximate surface area is 182 Å². The Morgan fingerprint density at radius 2 is 1.94 bits per heavy atom. The number of aryl methyl sites for hydroxylation is 1. The summed E-state index contributed by atoms with van der Waals surface area (Å²) < 4.78 is 15.9. The zero-order valence-corrected chi connectivity index (χ0v) is 17.5. The Kier molecular flexibility index (Phi) is 4.93. The minimum absolute atomic E-state index is 0.293. The molecule has 4 aromatic rings. The zero-order valence-electron chi connectivity index (χ0n) is 17.5. The van der Waals surface area contributed by atoms with Crippen LogP contribution in [0.2, 0.25) is 0 Å². The topological polar surface area (TPSA) is 84.5 Å². The smallest absolute Gasteiger partial charge is 0.337 e. The molecule has 0 unspecified atom stereocenters. The summed E-state index contributed by atoms with van der Waals surface area (Å²) in [6.07, 6.45) is 0.853. The lowest BCUT2D eigenvalue weighted by Crippen LogP contribution is -2.35. The van der Waals surface area contributed by atoms with Gasteiger partial charge < -0.3 is 10.2 Å². The number of halogens is 1. The first-order valence-corrected chi connectivity index (χ1v) is 10.3. The van der Waals surface area contributed by atoms with Gasteiger partial charge in [0, 0.05) is 30.5 Å². The van der Waals surface area contributed by atoms with E-state index in [1.807, 2.05) is 19.1 Å². The van der Waals surface area contributed by atoms with Crippen LogP contribution < -0.4 is 15.9 Å². The number of carbonyl (C=O) groups is 1. The highest BCUT2D eigenvalue weighted by atomic mass is 19.1. The molecule has 162 valence electrons. The van der Waals surface area contributed by atoms with Crippen molar-refractivity contribution in [3.63, 3.8) is 0 Å². The molecule has 3 heterocycles. The van der Waals surface area contributed by atoms with Gasteiger partial charge in [0.2, 0.25) is 11.9 Å². The molecule has 0 aliphatic carbocycles. The second-order valence-corrected chi connectivity index (χ2v) is 7.83. The van der Waals surface area contributed by atoms with Crippen molar-refractivity contribution in [3.05, 3.63) is 87.7 Å². The van der Waals surface area contributed by atoms with Gasteiger partial charge in [0.15, 0.2) is 5.65 Å². The number of carbonyl (C=O) groups excluding carboxylic acids is 1. The van der Waals surface area contributed by atoms with E-state index in [9.17, 15) is 14.0 Å². The van der Waals surface area contributed by atoms with E-state index in [0.717, 1.165) is 23.3 Å². The molecule has 0 spiro atoms. The van der Waals surface area contributed by atoms with Crippen molar-refractivity contribution in [1.82, 2.24) is 19.2 Å². The molecule has 0 saturated heterocycles. The number of benzene rings is 2. The van der Waals surface area contributed by atoms with E-state index in [1.54, 1.807) is 12.1 Å². The van der Waals surface area contributed by atoms with Crippen LogP contribution in [0.4, 0.5) is 16.0 Å². The van der Waals surface area contributed by atoms with Crippen LogP contribution in [0.5, 0.6) is 0 Å². The quantitative estimate of drug-likeness (QED) is 0.536. The van der Waals surface area contributed by atoms with Gasteiger partial charge >= 0.3 is 5.69 Å².